The van der Waals surface area contributed by atoms with Gasteiger partial charge in [0, 0.05) is 6.42 Å². The Morgan fingerprint density at radius 1 is 1.21 bits per heavy atom. The van der Waals surface area contributed by atoms with E-state index in [2.05, 4.69) is 24.8 Å². The van der Waals surface area contributed by atoms with Gasteiger partial charge in [-0.1, -0.05) is 6.07 Å². The maximum absolute atomic E-state index is 5.28. The van der Waals surface area contributed by atoms with Crippen LogP contribution in [0.3, 0.4) is 0 Å². The van der Waals surface area contributed by atoms with Crippen molar-refractivity contribution in [1.29, 1.82) is 0 Å². The topological polar surface area (TPSA) is 44.5 Å². The highest BCUT2D eigenvalue weighted by molar-refractivity contribution is 5.41. The van der Waals surface area contributed by atoms with Gasteiger partial charge < -0.3 is 9.57 Å². The number of methoxy groups -OCH3 is 1. The number of nitrogens with two attached hydrogens (primary N) is 1. The molecule has 1 aromatic carbocycles. The fourth-order valence-electron chi connectivity index (χ4n) is 1.40. The zero-order valence-electron chi connectivity index (χ0n) is 8.96. The summed E-state index contributed by atoms with van der Waals surface area (Å²) >= 11 is 0. The minimum atomic E-state index is 0.513. The van der Waals surface area contributed by atoms with E-state index in [0.29, 0.717) is 6.61 Å². The van der Waals surface area contributed by atoms with Crippen LogP contribution in [0.5, 0.6) is 5.75 Å². The molecule has 0 saturated heterocycles. The van der Waals surface area contributed by atoms with Crippen molar-refractivity contribution < 1.29 is 9.57 Å². The minimum absolute atomic E-state index is 0.513. The van der Waals surface area contributed by atoms with Crippen LogP contribution in [0.4, 0.5) is 0 Å². The van der Waals surface area contributed by atoms with Crippen LogP contribution in [-0.2, 0) is 11.3 Å². The molecular weight excluding hydrogens is 178 g/mol. The second-order valence-electron chi connectivity index (χ2n) is 3.37. The Hall–Kier alpha value is -1.06. The predicted molar refractivity (Wildman–Crippen MR) is 56.3 cm³/mol. The van der Waals surface area contributed by atoms with Crippen molar-refractivity contribution in [3.63, 3.8) is 0 Å². The van der Waals surface area contributed by atoms with Gasteiger partial charge in [0.15, 0.2) is 0 Å². The van der Waals surface area contributed by atoms with Crippen LogP contribution >= 0.6 is 0 Å². The molecule has 0 aliphatic heterocycles. The average Bonchev–Trinajstić information content (AvgIpc) is 2.19. The lowest BCUT2D eigenvalue weighted by molar-refractivity contribution is 0.140. The smallest absolute Gasteiger partial charge is 0.122 e. The number of hydrogen-bond donors (Lipinski definition) is 1. The maximum Gasteiger partial charge on any atom is 0.122 e. The normalized spacial score (nSPS) is 10.3. The van der Waals surface area contributed by atoms with Crippen molar-refractivity contribution in [2.45, 2.75) is 20.3 Å². The van der Waals surface area contributed by atoms with E-state index in [1.54, 1.807) is 7.11 Å². The van der Waals surface area contributed by atoms with E-state index in [4.69, 9.17) is 10.6 Å². The van der Waals surface area contributed by atoms with Crippen LogP contribution in [0.2, 0.25) is 0 Å². The Morgan fingerprint density at radius 3 is 2.43 bits per heavy atom. The Bertz CT molecular complexity index is 310. The molecule has 0 atom stereocenters. The highest BCUT2D eigenvalue weighted by atomic mass is 16.6. The number of benzene rings is 1. The lowest BCUT2D eigenvalue weighted by Crippen LogP contribution is -2.05. The predicted octanol–water partition coefficient (Wildman–Crippen LogP) is 1.74. The van der Waals surface area contributed by atoms with Crippen LogP contribution in [0.1, 0.15) is 16.7 Å². The number of hydrogen-bond acceptors (Lipinski definition) is 3. The van der Waals surface area contributed by atoms with Crippen LogP contribution in [0, 0.1) is 13.8 Å². The van der Waals surface area contributed by atoms with E-state index in [1.165, 1.54) is 11.1 Å². The zero-order chi connectivity index (χ0) is 10.6. The fraction of sp³-hybridized carbons (Fsp3) is 0.455. The van der Waals surface area contributed by atoms with Gasteiger partial charge in [0.1, 0.15) is 5.75 Å². The standard InChI is InChI=1S/C11H17NO2/c1-8-6-10(4-5-14-12)11(13-3)7-9(8)2/h6-7H,4-5,12H2,1-3H3. The third-order valence-electron chi connectivity index (χ3n) is 2.39. The van der Waals surface area contributed by atoms with Gasteiger partial charge in [0.05, 0.1) is 13.7 Å². The van der Waals surface area contributed by atoms with E-state index >= 15 is 0 Å². The van der Waals surface area contributed by atoms with Gasteiger partial charge in [-0.2, -0.15) is 0 Å². The molecule has 0 heterocycles. The number of rotatable bonds is 4. The van der Waals surface area contributed by atoms with Gasteiger partial charge >= 0.3 is 0 Å². The summed E-state index contributed by atoms with van der Waals surface area (Å²) in [4.78, 5) is 4.56. The molecule has 0 saturated carbocycles. The van der Waals surface area contributed by atoms with Crippen molar-refractivity contribution in [2.75, 3.05) is 13.7 Å². The summed E-state index contributed by atoms with van der Waals surface area (Å²) < 4.78 is 5.28. The molecule has 2 N–H and O–H groups in total. The Kier molecular flexibility index (Phi) is 3.92. The molecule has 0 unspecified atom stereocenters. The molecule has 3 heteroatoms. The quantitative estimate of drug-likeness (QED) is 0.744. The highest BCUT2D eigenvalue weighted by Crippen LogP contribution is 2.23. The molecule has 0 spiro atoms. The summed E-state index contributed by atoms with van der Waals surface area (Å²) in [6, 6.07) is 4.16. The summed E-state index contributed by atoms with van der Waals surface area (Å²) in [5.41, 5.74) is 3.64. The molecule has 0 bridgehead atoms. The van der Waals surface area contributed by atoms with Crippen molar-refractivity contribution in [1.82, 2.24) is 0 Å². The largest absolute Gasteiger partial charge is 0.496 e. The van der Waals surface area contributed by atoms with Crippen molar-refractivity contribution in [3.8, 4) is 5.75 Å². The number of ether oxygens (including phenoxy) is 1. The molecule has 3 nitrogen and oxygen atoms in total. The summed E-state index contributed by atoms with van der Waals surface area (Å²) in [5.74, 6) is 5.90. The molecule has 0 fully saturated rings. The van der Waals surface area contributed by atoms with Crippen molar-refractivity contribution in [2.24, 2.45) is 5.90 Å². The van der Waals surface area contributed by atoms with Crippen LogP contribution in [0.25, 0.3) is 0 Å². The van der Waals surface area contributed by atoms with Crippen molar-refractivity contribution >= 4 is 0 Å². The maximum atomic E-state index is 5.28. The molecular formula is C11H17NO2. The Labute approximate surface area is 84.8 Å². The fourth-order valence-corrected chi connectivity index (χ4v) is 1.40. The van der Waals surface area contributed by atoms with Gasteiger partial charge in [-0.05, 0) is 36.6 Å². The first-order valence-corrected chi connectivity index (χ1v) is 4.65. The second-order valence-corrected chi connectivity index (χ2v) is 3.37. The average molecular weight is 195 g/mol. The summed E-state index contributed by atoms with van der Waals surface area (Å²) in [7, 11) is 1.68. The van der Waals surface area contributed by atoms with E-state index in [0.717, 1.165) is 17.7 Å². The van der Waals surface area contributed by atoms with Gasteiger partial charge in [0.2, 0.25) is 0 Å². The van der Waals surface area contributed by atoms with Gasteiger partial charge in [0.25, 0.3) is 0 Å². The molecule has 1 aromatic rings. The molecule has 1 rings (SSSR count). The Morgan fingerprint density at radius 2 is 1.86 bits per heavy atom. The molecule has 78 valence electrons. The molecule has 0 aliphatic rings. The first-order chi connectivity index (χ1) is 6.69. The summed E-state index contributed by atoms with van der Waals surface area (Å²) in [6.07, 6.45) is 0.779. The highest BCUT2D eigenvalue weighted by Gasteiger charge is 2.05. The van der Waals surface area contributed by atoms with E-state index in [1.807, 2.05) is 6.07 Å². The zero-order valence-corrected chi connectivity index (χ0v) is 8.96. The third-order valence-corrected chi connectivity index (χ3v) is 2.39. The second kappa shape index (κ2) is 4.98. The monoisotopic (exact) mass is 195 g/mol. The molecule has 0 aromatic heterocycles. The first kappa shape index (κ1) is 11.0. The molecule has 0 amide bonds. The number of aryl methyl sites for hydroxylation is 2. The SMILES string of the molecule is COc1cc(C)c(C)cc1CCON. The Balaban J connectivity index is 2.95. The van der Waals surface area contributed by atoms with Crippen LogP contribution < -0.4 is 10.6 Å². The van der Waals surface area contributed by atoms with E-state index < -0.39 is 0 Å². The lowest BCUT2D eigenvalue weighted by atomic mass is 10.0. The minimum Gasteiger partial charge on any atom is -0.496 e. The van der Waals surface area contributed by atoms with Crippen LogP contribution in [0.15, 0.2) is 12.1 Å². The van der Waals surface area contributed by atoms with E-state index in [9.17, 15) is 0 Å². The lowest BCUT2D eigenvalue weighted by Gasteiger charge is -2.11. The van der Waals surface area contributed by atoms with Crippen molar-refractivity contribution in [3.05, 3.63) is 28.8 Å². The molecule has 0 radical (unpaired) electrons. The third kappa shape index (κ3) is 2.47. The molecule has 14 heavy (non-hydrogen) atoms. The van der Waals surface area contributed by atoms with E-state index in [-0.39, 0.29) is 0 Å². The molecule has 0 aliphatic carbocycles. The van der Waals surface area contributed by atoms with Gasteiger partial charge in [-0.15, -0.1) is 0 Å². The first-order valence-electron chi connectivity index (χ1n) is 4.65. The van der Waals surface area contributed by atoms with Gasteiger partial charge in [-0.25, -0.2) is 5.90 Å². The summed E-state index contributed by atoms with van der Waals surface area (Å²) in [5, 5.41) is 0. The van der Waals surface area contributed by atoms with Gasteiger partial charge in [-0.3, -0.25) is 0 Å². The summed E-state index contributed by atoms with van der Waals surface area (Å²) in [6.45, 7) is 4.67. The van der Waals surface area contributed by atoms with Crippen LogP contribution in [-0.4, -0.2) is 13.7 Å².